The number of halogens is 5. The lowest BCUT2D eigenvalue weighted by atomic mass is 10.2. The molecule has 0 spiro atoms. The predicted molar refractivity (Wildman–Crippen MR) is 103 cm³/mol. The first-order valence-corrected chi connectivity index (χ1v) is 10.8. The largest absolute Gasteiger partial charge is 0.573 e. The number of alkyl halides is 3. The van der Waals surface area contributed by atoms with Gasteiger partial charge in [-0.1, -0.05) is 29.8 Å². The molecule has 2 aromatic rings. The van der Waals surface area contributed by atoms with E-state index in [1.165, 1.54) is 31.3 Å². The molecule has 1 aliphatic heterocycles. The van der Waals surface area contributed by atoms with E-state index in [2.05, 4.69) is 4.74 Å². The molecule has 0 aliphatic carbocycles. The third-order valence-electron chi connectivity index (χ3n) is 4.94. The summed E-state index contributed by atoms with van der Waals surface area (Å²) in [6.07, 6.45) is -4.59. The van der Waals surface area contributed by atoms with Crippen molar-refractivity contribution < 1.29 is 30.7 Å². The van der Waals surface area contributed by atoms with Gasteiger partial charge >= 0.3 is 6.36 Å². The van der Waals surface area contributed by atoms with Crippen LogP contribution in [0.2, 0.25) is 5.02 Å². The highest BCUT2D eigenvalue weighted by molar-refractivity contribution is 7.89. The van der Waals surface area contributed by atoms with Crippen molar-refractivity contribution in [2.45, 2.75) is 30.3 Å². The van der Waals surface area contributed by atoms with Gasteiger partial charge in [-0.05, 0) is 30.7 Å². The van der Waals surface area contributed by atoms with Crippen molar-refractivity contribution in [3.05, 3.63) is 58.9 Å². The molecule has 1 aliphatic rings. The Morgan fingerprint density at radius 3 is 2.57 bits per heavy atom. The van der Waals surface area contributed by atoms with Crippen molar-refractivity contribution in [1.29, 1.82) is 0 Å². The number of hydrogen-bond donors (Lipinski definition) is 0. The van der Waals surface area contributed by atoms with Crippen LogP contribution in [-0.4, -0.2) is 50.2 Å². The molecule has 11 heteroatoms. The smallest absolute Gasteiger partial charge is 0.404 e. The molecule has 2 aromatic carbocycles. The summed E-state index contributed by atoms with van der Waals surface area (Å²) in [4.78, 5) is 1.28. The van der Waals surface area contributed by atoms with Gasteiger partial charge in [0.05, 0.1) is 0 Å². The predicted octanol–water partition coefficient (Wildman–Crippen LogP) is 4.27. The Bertz CT molecular complexity index is 997. The van der Waals surface area contributed by atoms with Gasteiger partial charge in [0.1, 0.15) is 16.5 Å². The number of hydrogen-bond acceptors (Lipinski definition) is 4. The summed E-state index contributed by atoms with van der Waals surface area (Å²) in [6.45, 7) is 0.961. The van der Waals surface area contributed by atoms with E-state index >= 15 is 0 Å². The summed E-state index contributed by atoms with van der Waals surface area (Å²) in [5, 5.41) is 0.276. The van der Waals surface area contributed by atoms with Crippen molar-refractivity contribution in [3.63, 3.8) is 0 Å². The second-order valence-corrected chi connectivity index (χ2v) is 9.27. The van der Waals surface area contributed by atoms with Crippen molar-refractivity contribution in [3.8, 4) is 5.75 Å². The second kappa shape index (κ2) is 8.70. The van der Waals surface area contributed by atoms with Gasteiger partial charge in [-0.25, -0.2) is 12.8 Å². The second-order valence-electron chi connectivity index (χ2n) is 6.89. The third kappa shape index (κ3) is 5.05. The molecule has 5 nitrogen and oxygen atoms in total. The van der Waals surface area contributed by atoms with E-state index in [4.69, 9.17) is 11.6 Å². The van der Waals surface area contributed by atoms with Gasteiger partial charge in [-0.2, -0.15) is 4.31 Å². The quantitative estimate of drug-likeness (QED) is 0.596. The lowest BCUT2D eigenvalue weighted by Gasteiger charge is -2.25. The van der Waals surface area contributed by atoms with Crippen molar-refractivity contribution >= 4 is 21.6 Å². The molecule has 0 saturated carbocycles. The SMILES string of the molecule is CN(C1CCN(Cc2c(F)cccc2Cl)C1)S(=O)(=O)c1ccccc1OC(F)(F)F. The molecule has 1 atom stereocenters. The molecule has 3 rings (SSSR count). The first kappa shape index (κ1) is 22.8. The fraction of sp³-hybridized carbons (Fsp3) is 0.368. The van der Waals surface area contributed by atoms with E-state index in [1.54, 1.807) is 6.07 Å². The van der Waals surface area contributed by atoms with E-state index in [0.717, 1.165) is 16.4 Å². The topological polar surface area (TPSA) is 49.9 Å². The summed E-state index contributed by atoms with van der Waals surface area (Å²) in [5.74, 6) is -1.24. The fourth-order valence-electron chi connectivity index (χ4n) is 3.38. The van der Waals surface area contributed by atoms with Crippen LogP contribution in [-0.2, 0) is 16.6 Å². The van der Waals surface area contributed by atoms with Crippen molar-refractivity contribution in [1.82, 2.24) is 9.21 Å². The van der Waals surface area contributed by atoms with Gasteiger partial charge in [0, 0.05) is 43.3 Å². The van der Waals surface area contributed by atoms with Gasteiger partial charge in [0.15, 0.2) is 0 Å². The Morgan fingerprint density at radius 1 is 1.20 bits per heavy atom. The monoisotopic (exact) mass is 466 g/mol. The number of sulfonamides is 1. The average Bonchev–Trinajstić information content (AvgIpc) is 3.12. The van der Waals surface area contributed by atoms with Crippen LogP contribution >= 0.6 is 11.6 Å². The molecule has 1 fully saturated rings. The normalized spacial score (nSPS) is 18.2. The Hall–Kier alpha value is -1.88. The summed E-state index contributed by atoms with van der Waals surface area (Å²) in [6, 6.07) is 8.47. The number of para-hydroxylation sites is 1. The van der Waals surface area contributed by atoms with E-state index in [1.807, 2.05) is 4.90 Å². The number of ether oxygens (including phenoxy) is 1. The van der Waals surface area contributed by atoms with Crippen LogP contribution in [0.15, 0.2) is 47.4 Å². The first-order chi connectivity index (χ1) is 14.0. The van der Waals surface area contributed by atoms with Crippen LogP contribution < -0.4 is 4.74 Å². The minimum Gasteiger partial charge on any atom is -0.404 e. The molecular weight excluding hydrogens is 448 g/mol. The number of benzene rings is 2. The summed E-state index contributed by atoms with van der Waals surface area (Å²) in [5.41, 5.74) is 0.314. The maximum Gasteiger partial charge on any atom is 0.573 e. The van der Waals surface area contributed by atoms with Crippen molar-refractivity contribution in [2.24, 2.45) is 0 Å². The summed E-state index contributed by atoms with van der Waals surface area (Å²) >= 11 is 6.05. The molecule has 164 valence electrons. The minimum absolute atomic E-state index is 0.198. The molecule has 0 aromatic heterocycles. The van der Waals surface area contributed by atoms with E-state index in [9.17, 15) is 26.0 Å². The Morgan fingerprint density at radius 2 is 1.90 bits per heavy atom. The highest BCUT2D eigenvalue weighted by Gasteiger charge is 2.38. The number of likely N-dealkylation sites (tertiary alicyclic amines) is 1. The lowest BCUT2D eigenvalue weighted by Crippen LogP contribution is -2.39. The fourth-order valence-corrected chi connectivity index (χ4v) is 5.10. The molecule has 1 saturated heterocycles. The third-order valence-corrected chi connectivity index (χ3v) is 7.24. The van der Waals surface area contributed by atoms with Crippen LogP contribution in [0.5, 0.6) is 5.75 Å². The molecule has 1 heterocycles. The first-order valence-electron chi connectivity index (χ1n) is 8.97. The van der Waals surface area contributed by atoms with Crippen LogP contribution in [0.3, 0.4) is 0 Å². The zero-order valence-electron chi connectivity index (χ0n) is 15.9. The maximum atomic E-state index is 14.0. The molecule has 1 unspecified atom stereocenters. The minimum atomic E-state index is -5.02. The van der Waals surface area contributed by atoms with Crippen LogP contribution in [0, 0.1) is 5.82 Å². The lowest BCUT2D eigenvalue weighted by molar-refractivity contribution is -0.275. The van der Waals surface area contributed by atoms with Gasteiger partial charge in [0.2, 0.25) is 10.0 Å². The zero-order chi connectivity index (χ0) is 22.1. The van der Waals surface area contributed by atoms with Crippen LogP contribution in [0.4, 0.5) is 17.6 Å². The Kier molecular flexibility index (Phi) is 6.61. The van der Waals surface area contributed by atoms with Crippen LogP contribution in [0.1, 0.15) is 12.0 Å². The van der Waals surface area contributed by atoms with Gasteiger partial charge in [-0.3, -0.25) is 4.90 Å². The van der Waals surface area contributed by atoms with Crippen LogP contribution in [0.25, 0.3) is 0 Å². The average molecular weight is 467 g/mol. The zero-order valence-corrected chi connectivity index (χ0v) is 17.4. The maximum absolute atomic E-state index is 14.0. The summed E-state index contributed by atoms with van der Waals surface area (Å²) in [7, 11) is -2.95. The van der Waals surface area contributed by atoms with Gasteiger partial charge < -0.3 is 4.74 Å². The van der Waals surface area contributed by atoms with Gasteiger partial charge in [0.25, 0.3) is 0 Å². The Labute approximate surface area is 176 Å². The van der Waals surface area contributed by atoms with Crippen molar-refractivity contribution in [2.75, 3.05) is 20.1 Å². The van der Waals surface area contributed by atoms with E-state index in [0.29, 0.717) is 18.5 Å². The van der Waals surface area contributed by atoms with Gasteiger partial charge in [-0.15, -0.1) is 13.2 Å². The van der Waals surface area contributed by atoms with E-state index in [-0.39, 0.29) is 18.1 Å². The molecule has 0 radical (unpaired) electrons. The molecule has 0 amide bonds. The number of likely N-dealkylation sites (N-methyl/N-ethyl adjacent to an activating group) is 1. The number of rotatable bonds is 6. The standard InChI is InChI=1S/C19H19ClF4N2O3S/c1-25(30(27,28)18-8-3-2-7-17(18)29-19(22,23)24)13-9-10-26(11-13)12-14-15(20)5-4-6-16(14)21/h2-8,13H,9-12H2,1H3. The molecule has 0 N–H and O–H groups in total. The molecule has 0 bridgehead atoms. The molecular formula is C19H19ClF4N2O3S. The number of nitrogens with zero attached hydrogens (tertiary/aromatic N) is 2. The molecule has 30 heavy (non-hydrogen) atoms. The van der Waals surface area contributed by atoms with E-state index < -0.39 is 38.9 Å². The highest BCUT2D eigenvalue weighted by atomic mass is 35.5. The highest BCUT2D eigenvalue weighted by Crippen LogP contribution is 2.33. The Balaban J connectivity index is 1.77. The summed E-state index contributed by atoms with van der Waals surface area (Å²) < 4.78 is 82.9.